The van der Waals surface area contributed by atoms with Crippen LogP contribution in [0.2, 0.25) is 0 Å². The molecule has 2 rings (SSSR count). The van der Waals surface area contributed by atoms with E-state index in [1.54, 1.807) is 7.11 Å². The number of rotatable bonds is 4. The van der Waals surface area contributed by atoms with Crippen molar-refractivity contribution in [1.82, 2.24) is 0 Å². The summed E-state index contributed by atoms with van der Waals surface area (Å²) in [7, 11) is 1.64. The van der Waals surface area contributed by atoms with Crippen molar-refractivity contribution in [3.05, 3.63) is 63.1 Å². The molecule has 20 heavy (non-hydrogen) atoms. The molecule has 0 fully saturated rings. The summed E-state index contributed by atoms with van der Waals surface area (Å²) in [6.45, 7) is 3.89. The molecule has 0 aliphatic carbocycles. The van der Waals surface area contributed by atoms with Gasteiger partial charge in [-0.05, 0) is 54.8 Å². The molecule has 0 bridgehead atoms. The molecule has 0 amide bonds. The zero-order valence-corrected chi connectivity index (χ0v) is 13.5. The number of ketones is 1. The van der Waals surface area contributed by atoms with Gasteiger partial charge in [-0.1, -0.05) is 28.1 Å². The summed E-state index contributed by atoms with van der Waals surface area (Å²) >= 11 is 3.43. The summed E-state index contributed by atoms with van der Waals surface area (Å²) in [5.41, 5.74) is 3.71. The van der Waals surface area contributed by atoms with Crippen LogP contribution in [-0.4, -0.2) is 12.9 Å². The Balaban J connectivity index is 2.28. The van der Waals surface area contributed by atoms with Gasteiger partial charge in [-0.25, -0.2) is 0 Å². The van der Waals surface area contributed by atoms with Gasteiger partial charge in [-0.2, -0.15) is 0 Å². The van der Waals surface area contributed by atoms with Crippen LogP contribution >= 0.6 is 15.9 Å². The molecule has 2 aromatic carbocycles. The lowest BCUT2D eigenvalue weighted by Crippen LogP contribution is -2.06. The fraction of sp³-hybridized carbons (Fsp3) is 0.235. The van der Waals surface area contributed by atoms with Crippen LogP contribution in [0.15, 0.2) is 40.9 Å². The number of benzene rings is 2. The zero-order chi connectivity index (χ0) is 14.7. The number of methoxy groups -OCH3 is 1. The summed E-state index contributed by atoms with van der Waals surface area (Å²) in [5, 5.41) is 0. The third kappa shape index (κ3) is 3.28. The number of hydrogen-bond donors (Lipinski definition) is 0. The molecule has 0 aliphatic heterocycles. The normalized spacial score (nSPS) is 10.4. The first-order chi connectivity index (χ1) is 9.51. The smallest absolute Gasteiger partial charge is 0.167 e. The minimum atomic E-state index is 0.131. The molecule has 0 radical (unpaired) electrons. The van der Waals surface area contributed by atoms with Crippen molar-refractivity contribution in [2.24, 2.45) is 0 Å². The second-order valence-electron chi connectivity index (χ2n) is 4.87. The van der Waals surface area contributed by atoms with E-state index in [9.17, 15) is 4.79 Å². The van der Waals surface area contributed by atoms with Crippen LogP contribution in [0.4, 0.5) is 0 Å². The van der Waals surface area contributed by atoms with E-state index < -0.39 is 0 Å². The number of halogens is 1. The first kappa shape index (κ1) is 14.8. The Hall–Kier alpha value is -1.61. The molecule has 0 saturated heterocycles. The van der Waals surface area contributed by atoms with Crippen molar-refractivity contribution in [3.8, 4) is 5.75 Å². The summed E-state index contributed by atoms with van der Waals surface area (Å²) in [4.78, 5) is 12.4. The number of Topliss-reactive ketones (excluding diaryl/α,β-unsaturated/α-hetero) is 1. The molecule has 0 atom stereocenters. The van der Waals surface area contributed by atoms with Gasteiger partial charge in [-0.3, -0.25) is 4.79 Å². The highest BCUT2D eigenvalue weighted by Crippen LogP contribution is 2.24. The molecule has 0 N–H and O–H groups in total. The Labute approximate surface area is 127 Å². The number of ether oxygens (including phenoxy) is 1. The van der Waals surface area contributed by atoms with Crippen LogP contribution in [-0.2, 0) is 6.42 Å². The average molecular weight is 333 g/mol. The minimum absolute atomic E-state index is 0.131. The Morgan fingerprint density at radius 1 is 1.15 bits per heavy atom. The predicted molar refractivity (Wildman–Crippen MR) is 84.6 cm³/mol. The van der Waals surface area contributed by atoms with E-state index in [4.69, 9.17) is 4.74 Å². The summed E-state index contributed by atoms with van der Waals surface area (Å²) in [5.74, 6) is 0.952. The highest BCUT2D eigenvalue weighted by atomic mass is 79.9. The maximum atomic E-state index is 12.4. The fourth-order valence-electron chi connectivity index (χ4n) is 2.24. The Morgan fingerprint density at radius 2 is 1.90 bits per heavy atom. The number of aryl methyl sites for hydroxylation is 2. The second kappa shape index (κ2) is 6.23. The van der Waals surface area contributed by atoms with Gasteiger partial charge in [0, 0.05) is 16.5 Å². The molecule has 0 unspecified atom stereocenters. The number of carbonyl (C=O) groups is 1. The fourth-order valence-corrected chi connectivity index (χ4v) is 2.68. The van der Waals surface area contributed by atoms with E-state index in [1.165, 1.54) is 0 Å². The topological polar surface area (TPSA) is 26.3 Å². The monoisotopic (exact) mass is 332 g/mol. The van der Waals surface area contributed by atoms with Crippen molar-refractivity contribution < 1.29 is 9.53 Å². The van der Waals surface area contributed by atoms with E-state index >= 15 is 0 Å². The lowest BCUT2D eigenvalue weighted by molar-refractivity contribution is 0.0992. The van der Waals surface area contributed by atoms with Crippen LogP contribution in [0, 0.1) is 13.8 Å². The Kier molecular flexibility index (Phi) is 4.61. The average Bonchev–Trinajstić information content (AvgIpc) is 2.40. The summed E-state index contributed by atoms with van der Waals surface area (Å²) in [6, 6.07) is 11.7. The van der Waals surface area contributed by atoms with Crippen LogP contribution < -0.4 is 4.74 Å². The molecule has 2 nitrogen and oxygen atoms in total. The molecule has 0 heterocycles. The van der Waals surface area contributed by atoms with Crippen molar-refractivity contribution in [1.29, 1.82) is 0 Å². The Bertz CT molecular complexity index is 647. The van der Waals surface area contributed by atoms with Crippen molar-refractivity contribution in [2.45, 2.75) is 20.3 Å². The molecule has 0 aromatic heterocycles. The molecule has 104 valence electrons. The lowest BCUT2D eigenvalue weighted by atomic mass is 9.97. The van der Waals surface area contributed by atoms with E-state index in [-0.39, 0.29) is 5.78 Å². The molecule has 0 spiro atoms. The molecule has 0 aliphatic rings. The van der Waals surface area contributed by atoms with Gasteiger partial charge in [0.25, 0.3) is 0 Å². The largest absolute Gasteiger partial charge is 0.496 e. The van der Waals surface area contributed by atoms with Crippen molar-refractivity contribution in [2.75, 3.05) is 7.11 Å². The van der Waals surface area contributed by atoms with Crippen LogP contribution in [0.1, 0.15) is 27.0 Å². The molecular formula is C17H17BrO2. The quantitative estimate of drug-likeness (QED) is 0.770. The van der Waals surface area contributed by atoms with E-state index in [2.05, 4.69) is 15.9 Å². The number of hydrogen-bond acceptors (Lipinski definition) is 2. The highest BCUT2D eigenvalue weighted by Gasteiger charge is 2.13. The predicted octanol–water partition coefficient (Wildman–Crippen LogP) is 4.50. The third-order valence-corrected chi connectivity index (χ3v) is 3.79. The number of carbonyl (C=O) groups excluding carboxylic acids is 1. The molecular weight excluding hydrogens is 316 g/mol. The van der Waals surface area contributed by atoms with Gasteiger partial charge in [0.15, 0.2) is 5.78 Å². The van der Waals surface area contributed by atoms with Gasteiger partial charge < -0.3 is 4.74 Å². The van der Waals surface area contributed by atoms with Crippen molar-refractivity contribution in [3.63, 3.8) is 0 Å². The molecule has 0 saturated carbocycles. The first-order valence-electron chi connectivity index (χ1n) is 6.44. The second-order valence-corrected chi connectivity index (χ2v) is 5.78. The maximum absolute atomic E-state index is 12.4. The van der Waals surface area contributed by atoms with Crippen LogP contribution in [0.5, 0.6) is 5.75 Å². The van der Waals surface area contributed by atoms with Crippen molar-refractivity contribution >= 4 is 21.7 Å². The zero-order valence-electron chi connectivity index (χ0n) is 11.9. The van der Waals surface area contributed by atoms with E-state index in [0.717, 1.165) is 32.5 Å². The maximum Gasteiger partial charge on any atom is 0.167 e. The summed E-state index contributed by atoms with van der Waals surface area (Å²) in [6.07, 6.45) is 0.409. The van der Waals surface area contributed by atoms with Gasteiger partial charge in [0.05, 0.1) is 7.11 Å². The highest BCUT2D eigenvalue weighted by molar-refractivity contribution is 9.10. The standard InChI is InChI=1S/C17H17BrO2/c1-11-8-17(20-3)12(2)7-15(11)16(19)10-13-5-4-6-14(18)9-13/h4-9H,10H2,1-3H3. The van der Waals surface area contributed by atoms with Gasteiger partial charge in [0.2, 0.25) is 0 Å². The van der Waals surface area contributed by atoms with Gasteiger partial charge >= 0.3 is 0 Å². The van der Waals surface area contributed by atoms with Crippen LogP contribution in [0.25, 0.3) is 0 Å². The molecule has 2 aromatic rings. The Morgan fingerprint density at radius 3 is 2.55 bits per heavy atom. The third-order valence-electron chi connectivity index (χ3n) is 3.30. The first-order valence-corrected chi connectivity index (χ1v) is 7.23. The van der Waals surface area contributed by atoms with E-state index in [1.807, 2.05) is 50.2 Å². The van der Waals surface area contributed by atoms with Gasteiger partial charge in [-0.15, -0.1) is 0 Å². The van der Waals surface area contributed by atoms with Gasteiger partial charge in [0.1, 0.15) is 5.75 Å². The molecule has 3 heteroatoms. The summed E-state index contributed by atoms with van der Waals surface area (Å²) < 4.78 is 6.27. The van der Waals surface area contributed by atoms with E-state index in [0.29, 0.717) is 6.42 Å². The lowest BCUT2D eigenvalue weighted by Gasteiger charge is -2.10. The SMILES string of the molecule is COc1cc(C)c(C(=O)Cc2cccc(Br)c2)cc1C. The minimum Gasteiger partial charge on any atom is -0.496 e. The van der Waals surface area contributed by atoms with Crippen LogP contribution in [0.3, 0.4) is 0 Å².